The normalized spacial score (nSPS) is 10.7. The lowest BCUT2D eigenvalue weighted by molar-refractivity contribution is 0.433. The first-order valence-corrected chi connectivity index (χ1v) is 6.21. The van der Waals surface area contributed by atoms with E-state index < -0.39 is 0 Å². The summed E-state index contributed by atoms with van der Waals surface area (Å²) in [5.41, 5.74) is 8.39. The maximum absolute atomic E-state index is 5.82. The van der Waals surface area contributed by atoms with Gasteiger partial charge >= 0.3 is 0 Å². The zero-order chi connectivity index (χ0) is 12.5. The topological polar surface area (TPSA) is 77.8 Å². The van der Waals surface area contributed by atoms with Gasteiger partial charge in [0.2, 0.25) is 5.82 Å². The molecular formula is C12H10N4OS. The number of nitrogen functional groups attached to an aromatic ring is 1. The van der Waals surface area contributed by atoms with Crippen LogP contribution in [0.15, 0.2) is 34.4 Å². The molecule has 3 heterocycles. The molecule has 3 aromatic heterocycles. The van der Waals surface area contributed by atoms with Crippen LogP contribution in [0.3, 0.4) is 0 Å². The van der Waals surface area contributed by atoms with Crippen LogP contribution in [-0.2, 0) is 0 Å². The smallest absolute Gasteiger partial charge is 0.270 e. The van der Waals surface area contributed by atoms with E-state index in [9.17, 15) is 0 Å². The molecule has 5 nitrogen and oxygen atoms in total. The Bertz CT molecular complexity index is 689. The minimum atomic E-state index is 0.445. The SMILES string of the molecule is Cc1ccncc1-c1noc(-c2sccc2N)n1. The standard InChI is InChI=1S/C12H10N4OS/c1-7-2-4-14-6-8(7)11-15-12(17-16-11)10-9(13)3-5-18-10/h2-6H,13H2,1H3. The van der Waals surface area contributed by atoms with Gasteiger partial charge in [-0.3, -0.25) is 4.98 Å². The Morgan fingerprint density at radius 3 is 2.94 bits per heavy atom. The molecule has 18 heavy (non-hydrogen) atoms. The highest BCUT2D eigenvalue weighted by atomic mass is 32.1. The Morgan fingerprint density at radius 1 is 1.33 bits per heavy atom. The number of anilines is 1. The van der Waals surface area contributed by atoms with Crippen molar-refractivity contribution in [2.75, 3.05) is 5.73 Å². The predicted molar refractivity (Wildman–Crippen MR) is 70.0 cm³/mol. The lowest BCUT2D eigenvalue weighted by atomic mass is 10.1. The van der Waals surface area contributed by atoms with E-state index in [1.807, 2.05) is 24.4 Å². The van der Waals surface area contributed by atoms with Gasteiger partial charge in [-0.05, 0) is 30.0 Å². The summed E-state index contributed by atoms with van der Waals surface area (Å²) in [5.74, 6) is 0.976. The van der Waals surface area contributed by atoms with Crippen molar-refractivity contribution in [3.8, 4) is 22.2 Å². The van der Waals surface area contributed by atoms with Crippen LogP contribution < -0.4 is 5.73 Å². The number of nitrogens with two attached hydrogens (primary N) is 1. The molecule has 0 spiro atoms. The Kier molecular flexibility index (Phi) is 2.56. The largest absolute Gasteiger partial charge is 0.397 e. The highest BCUT2D eigenvalue weighted by molar-refractivity contribution is 7.14. The summed E-state index contributed by atoms with van der Waals surface area (Å²) in [7, 11) is 0. The van der Waals surface area contributed by atoms with Crippen LogP contribution in [0.25, 0.3) is 22.2 Å². The van der Waals surface area contributed by atoms with E-state index in [1.165, 1.54) is 11.3 Å². The third kappa shape index (κ3) is 1.76. The van der Waals surface area contributed by atoms with Crippen molar-refractivity contribution in [2.24, 2.45) is 0 Å². The quantitative estimate of drug-likeness (QED) is 0.764. The second kappa shape index (κ2) is 4.23. The number of aromatic nitrogens is 3. The summed E-state index contributed by atoms with van der Waals surface area (Å²) >= 11 is 1.48. The number of hydrogen-bond donors (Lipinski definition) is 1. The van der Waals surface area contributed by atoms with Gasteiger partial charge in [-0.25, -0.2) is 0 Å². The van der Waals surface area contributed by atoms with E-state index in [-0.39, 0.29) is 0 Å². The summed E-state index contributed by atoms with van der Waals surface area (Å²) in [6, 6.07) is 3.73. The first-order valence-electron chi connectivity index (χ1n) is 5.34. The Labute approximate surface area is 107 Å². The van der Waals surface area contributed by atoms with Crippen LogP contribution in [0, 0.1) is 6.92 Å². The number of thiophene rings is 1. The minimum absolute atomic E-state index is 0.445. The van der Waals surface area contributed by atoms with Crippen molar-refractivity contribution in [3.63, 3.8) is 0 Å². The van der Waals surface area contributed by atoms with Gasteiger partial charge in [0.05, 0.1) is 5.69 Å². The van der Waals surface area contributed by atoms with Crippen molar-refractivity contribution in [3.05, 3.63) is 35.5 Å². The van der Waals surface area contributed by atoms with Crippen molar-refractivity contribution >= 4 is 17.0 Å². The second-order valence-corrected chi connectivity index (χ2v) is 4.73. The predicted octanol–water partition coefficient (Wildman–Crippen LogP) is 2.75. The number of pyridine rings is 1. The molecule has 0 fully saturated rings. The minimum Gasteiger partial charge on any atom is -0.397 e. The van der Waals surface area contributed by atoms with Crippen LogP contribution in [-0.4, -0.2) is 15.1 Å². The van der Waals surface area contributed by atoms with Gasteiger partial charge in [-0.15, -0.1) is 11.3 Å². The molecule has 3 aromatic rings. The third-order valence-electron chi connectivity index (χ3n) is 2.60. The van der Waals surface area contributed by atoms with E-state index in [0.29, 0.717) is 17.4 Å². The highest BCUT2D eigenvalue weighted by Crippen LogP contribution is 2.31. The summed E-state index contributed by atoms with van der Waals surface area (Å²) in [5, 5.41) is 5.86. The van der Waals surface area contributed by atoms with Gasteiger partial charge in [0.25, 0.3) is 5.89 Å². The first-order chi connectivity index (χ1) is 8.75. The lowest BCUT2D eigenvalue weighted by Gasteiger charge is -1.97. The molecule has 0 amide bonds. The Balaban J connectivity index is 2.05. The lowest BCUT2D eigenvalue weighted by Crippen LogP contribution is -1.87. The van der Waals surface area contributed by atoms with E-state index in [2.05, 4.69) is 15.1 Å². The fraction of sp³-hybridized carbons (Fsp3) is 0.0833. The molecule has 0 aliphatic heterocycles. The van der Waals surface area contributed by atoms with E-state index in [1.54, 1.807) is 12.4 Å². The van der Waals surface area contributed by atoms with Crippen molar-refractivity contribution < 1.29 is 4.52 Å². The maximum atomic E-state index is 5.82. The van der Waals surface area contributed by atoms with E-state index >= 15 is 0 Å². The molecule has 0 saturated carbocycles. The van der Waals surface area contributed by atoms with Gasteiger partial charge in [0, 0.05) is 18.0 Å². The molecule has 0 atom stereocenters. The van der Waals surface area contributed by atoms with Gasteiger partial charge in [-0.2, -0.15) is 4.98 Å². The molecule has 0 radical (unpaired) electrons. The molecule has 2 N–H and O–H groups in total. The van der Waals surface area contributed by atoms with Gasteiger partial charge < -0.3 is 10.3 Å². The zero-order valence-corrected chi connectivity index (χ0v) is 10.4. The number of hydrogen-bond acceptors (Lipinski definition) is 6. The molecule has 0 unspecified atom stereocenters. The third-order valence-corrected chi connectivity index (χ3v) is 3.51. The van der Waals surface area contributed by atoms with Crippen LogP contribution in [0.4, 0.5) is 5.69 Å². The number of rotatable bonds is 2. The molecule has 0 aliphatic carbocycles. The zero-order valence-electron chi connectivity index (χ0n) is 9.62. The Morgan fingerprint density at radius 2 is 2.22 bits per heavy atom. The van der Waals surface area contributed by atoms with E-state index in [0.717, 1.165) is 16.0 Å². The molecule has 0 bridgehead atoms. The van der Waals surface area contributed by atoms with Crippen LogP contribution in [0.5, 0.6) is 0 Å². The summed E-state index contributed by atoms with van der Waals surface area (Å²) in [6.45, 7) is 1.98. The van der Waals surface area contributed by atoms with Crippen LogP contribution >= 0.6 is 11.3 Å². The summed E-state index contributed by atoms with van der Waals surface area (Å²) < 4.78 is 5.24. The fourth-order valence-corrected chi connectivity index (χ4v) is 2.35. The monoisotopic (exact) mass is 258 g/mol. The highest BCUT2D eigenvalue weighted by Gasteiger charge is 2.15. The van der Waals surface area contributed by atoms with Crippen LogP contribution in [0.2, 0.25) is 0 Å². The number of aryl methyl sites for hydroxylation is 1. The van der Waals surface area contributed by atoms with Gasteiger partial charge in [0.1, 0.15) is 4.88 Å². The van der Waals surface area contributed by atoms with Crippen LogP contribution in [0.1, 0.15) is 5.56 Å². The number of nitrogens with zero attached hydrogens (tertiary/aromatic N) is 3. The van der Waals surface area contributed by atoms with Gasteiger partial charge in [0.15, 0.2) is 0 Å². The molecule has 0 aliphatic rings. The fourth-order valence-electron chi connectivity index (χ4n) is 1.62. The molecule has 6 heteroatoms. The van der Waals surface area contributed by atoms with Crippen molar-refractivity contribution in [2.45, 2.75) is 6.92 Å². The molecule has 3 rings (SSSR count). The summed E-state index contributed by atoms with van der Waals surface area (Å²) in [4.78, 5) is 9.23. The average molecular weight is 258 g/mol. The Hall–Kier alpha value is -2.21. The van der Waals surface area contributed by atoms with Crippen molar-refractivity contribution in [1.82, 2.24) is 15.1 Å². The van der Waals surface area contributed by atoms with Crippen molar-refractivity contribution in [1.29, 1.82) is 0 Å². The maximum Gasteiger partial charge on any atom is 0.270 e. The molecule has 0 saturated heterocycles. The first kappa shape index (κ1) is 10.9. The average Bonchev–Trinajstić information content (AvgIpc) is 2.98. The molecule has 90 valence electrons. The molecule has 0 aromatic carbocycles. The van der Waals surface area contributed by atoms with E-state index in [4.69, 9.17) is 10.3 Å². The second-order valence-electron chi connectivity index (χ2n) is 3.82. The summed E-state index contributed by atoms with van der Waals surface area (Å²) in [6.07, 6.45) is 3.46. The van der Waals surface area contributed by atoms with Gasteiger partial charge in [-0.1, -0.05) is 5.16 Å². The molecular weight excluding hydrogens is 248 g/mol.